The lowest BCUT2D eigenvalue weighted by atomic mass is 9.85. The Kier molecular flexibility index (Phi) is 4.80. The Balaban J connectivity index is 1.48. The van der Waals surface area contributed by atoms with Crippen LogP contribution in [-0.2, 0) is 16.2 Å². The number of nitrogens with one attached hydrogen (secondary N) is 1. The summed E-state index contributed by atoms with van der Waals surface area (Å²) < 4.78 is 8.30. The molecule has 0 unspecified atom stereocenters. The minimum Gasteiger partial charge on any atom is -0.483 e. The molecule has 0 saturated heterocycles. The SMILES string of the molecule is CC(=O)Nc1nc2c(s1)-c1c(c(C3CC3)nn1[C@H]1CC[C@H](C(=O)N(C)C)CC1)OC2. The monoisotopic (exact) mass is 429 g/mol. The largest absolute Gasteiger partial charge is 0.483 e. The smallest absolute Gasteiger partial charge is 0.225 e. The minimum atomic E-state index is -0.127. The molecule has 2 aliphatic carbocycles. The van der Waals surface area contributed by atoms with E-state index in [2.05, 4.69) is 15.0 Å². The molecule has 0 radical (unpaired) electrons. The van der Waals surface area contributed by atoms with Gasteiger partial charge < -0.3 is 15.0 Å². The zero-order valence-corrected chi connectivity index (χ0v) is 18.4. The highest BCUT2D eigenvalue weighted by Crippen LogP contribution is 2.52. The van der Waals surface area contributed by atoms with Crippen molar-refractivity contribution in [3.05, 3.63) is 11.4 Å². The van der Waals surface area contributed by atoms with Crippen LogP contribution < -0.4 is 10.1 Å². The normalized spacial score (nSPS) is 22.6. The van der Waals surface area contributed by atoms with Gasteiger partial charge in [-0.2, -0.15) is 5.10 Å². The summed E-state index contributed by atoms with van der Waals surface area (Å²) in [6.07, 6.45) is 5.92. The molecule has 2 saturated carbocycles. The number of fused-ring (bicyclic) bond motifs is 3. The van der Waals surface area contributed by atoms with Crippen LogP contribution in [0, 0.1) is 5.92 Å². The molecule has 2 aromatic heterocycles. The van der Waals surface area contributed by atoms with E-state index in [1.54, 1.807) is 4.90 Å². The number of hydrogen-bond acceptors (Lipinski definition) is 6. The summed E-state index contributed by atoms with van der Waals surface area (Å²) in [5.41, 5.74) is 2.93. The molecule has 30 heavy (non-hydrogen) atoms. The van der Waals surface area contributed by atoms with E-state index in [4.69, 9.17) is 9.84 Å². The molecule has 160 valence electrons. The van der Waals surface area contributed by atoms with Crippen LogP contribution in [0.3, 0.4) is 0 Å². The summed E-state index contributed by atoms with van der Waals surface area (Å²) in [7, 11) is 3.66. The fourth-order valence-corrected chi connectivity index (χ4v) is 5.64. The Bertz CT molecular complexity index is 999. The molecule has 1 N–H and O–H groups in total. The molecule has 5 rings (SSSR count). The van der Waals surface area contributed by atoms with E-state index in [9.17, 15) is 9.59 Å². The molecular formula is C21H27N5O3S. The lowest BCUT2D eigenvalue weighted by Crippen LogP contribution is -2.33. The fourth-order valence-electron chi connectivity index (χ4n) is 4.59. The predicted molar refractivity (Wildman–Crippen MR) is 114 cm³/mol. The van der Waals surface area contributed by atoms with Crippen molar-refractivity contribution in [3.63, 3.8) is 0 Å². The summed E-state index contributed by atoms with van der Waals surface area (Å²) in [4.78, 5) is 31.2. The van der Waals surface area contributed by atoms with Crippen molar-refractivity contribution in [2.75, 3.05) is 19.4 Å². The van der Waals surface area contributed by atoms with Gasteiger partial charge >= 0.3 is 0 Å². The van der Waals surface area contributed by atoms with Gasteiger partial charge in [-0.25, -0.2) is 4.98 Å². The molecule has 2 fully saturated rings. The van der Waals surface area contributed by atoms with E-state index in [0.29, 0.717) is 17.7 Å². The molecular weight excluding hydrogens is 402 g/mol. The van der Waals surface area contributed by atoms with Crippen molar-refractivity contribution in [1.29, 1.82) is 0 Å². The highest BCUT2D eigenvalue weighted by atomic mass is 32.1. The van der Waals surface area contributed by atoms with Gasteiger partial charge in [0.15, 0.2) is 10.9 Å². The number of carbonyl (C=O) groups is 2. The van der Waals surface area contributed by atoms with Gasteiger partial charge in [-0.15, -0.1) is 0 Å². The van der Waals surface area contributed by atoms with Crippen LogP contribution in [0.15, 0.2) is 0 Å². The Morgan fingerprint density at radius 3 is 2.53 bits per heavy atom. The number of hydrogen-bond donors (Lipinski definition) is 1. The molecule has 0 aromatic carbocycles. The highest BCUT2D eigenvalue weighted by Gasteiger charge is 2.39. The average Bonchev–Trinajstić information content (AvgIpc) is 3.36. The topological polar surface area (TPSA) is 89.3 Å². The van der Waals surface area contributed by atoms with Crippen molar-refractivity contribution in [2.45, 2.75) is 64.0 Å². The van der Waals surface area contributed by atoms with Gasteiger partial charge in [-0.1, -0.05) is 11.3 Å². The van der Waals surface area contributed by atoms with Gasteiger partial charge in [0.1, 0.15) is 23.7 Å². The van der Waals surface area contributed by atoms with E-state index in [1.807, 2.05) is 14.1 Å². The van der Waals surface area contributed by atoms with Gasteiger partial charge in [0.05, 0.1) is 10.9 Å². The predicted octanol–water partition coefficient (Wildman–Crippen LogP) is 3.55. The summed E-state index contributed by atoms with van der Waals surface area (Å²) in [5, 5.41) is 8.44. The Morgan fingerprint density at radius 1 is 1.17 bits per heavy atom. The van der Waals surface area contributed by atoms with E-state index < -0.39 is 0 Å². The second-order valence-electron chi connectivity index (χ2n) is 8.78. The van der Waals surface area contributed by atoms with Gasteiger partial charge in [-0.05, 0) is 38.5 Å². The second kappa shape index (κ2) is 7.37. The zero-order valence-electron chi connectivity index (χ0n) is 17.6. The van der Waals surface area contributed by atoms with Crippen molar-refractivity contribution < 1.29 is 14.3 Å². The molecule has 3 heterocycles. The van der Waals surface area contributed by atoms with E-state index >= 15 is 0 Å². The van der Waals surface area contributed by atoms with Crippen LogP contribution in [0.4, 0.5) is 5.13 Å². The van der Waals surface area contributed by atoms with Gasteiger partial charge in [-0.3, -0.25) is 14.3 Å². The molecule has 2 aromatic rings. The highest BCUT2D eigenvalue weighted by molar-refractivity contribution is 7.19. The maximum Gasteiger partial charge on any atom is 0.225 e. The van der Waals surface area contributed by atoms with Crippen LogP contribution in [0.25, 0.3) is 10.6 Å². The molecule has 0 bridgehead atoms. The van der Waals surface area contributed by atoms with Crippen molar-refractivity contribution in [2.24, 2.45) is 5.92 Å². The molecule has 0 spiro atoms. The number of carbonyl (C=O) groups excluding carboxylic acids is 2. The Labute approximate surface area is 179 Å². The van der Waals surface area contributed by atoms with Gasteiger partial charge in [0, 0.05) is 32.9 Å². The first-order valence-electron chi connectivity index (χ1n) is 10.7. The van der Waals surface area contributed by atoms with Gasteiger partial charge in [0.25, 0.3) is 0 Å². The zero-order chi connectivity index (χ0) is 21.0. The molecule has 1 aliphatic heterocycles. The quantitative estimate of drug-likeness (QED) is 0.803. The van der Waals surface area contributed by atoms with Gasteiger partial charge in [0.2, 0.25) is 11.8 Å². The van der Waals surface area contributed by atoms with Crippen molar-refractivity contribution in [1.82, 2.24) is 19.7 Å². The molecule has 8 nitrogen and oxygen atoms in total. The van der Waals surface area contributed by atoms with Crippen LogP contribution in [0.2, 0.25) is 0 Å². The first-order valence-corrected chi connectivity index (χ1v) is 11.5. The number of thiazole rings is 1. The Morgan fingerprint density at radius 2 is 1.90 bits per heavy atom. The van der Waals surface area contributed by atoms with E-state index in [-0.39, 0.29) is 23.8 Å². The lowest BCUT2D eigenvalue weighted by Gasteiger charge is -2.30. The first-order chi connectivity index (χ1) is 14.4. The first kappa shape index (κ1) is 19.5. The average molecular weight is 430 g/mol. The Hall–Kier alpha value is -2.42. The summed E-state index contributed by atoms with van der Waals surface area (Å²) in [6, 6.07) is 0.248. The number of ether oxygens (including phenoxy) is 1. The lowest BCUT2D eigenvalue weighted by molar-refractivity contribution is -0.134. The number of rotatable bonds is 4. The number of aromatic nitrogens is 3. The third kappa shape index (κ3) is 3.38. The van der Waals surface area contributed by atoms with Crippen LogP contribution >= 0.6 is 11.3 Å². The van der Waals surface area contributed by atoms with E-state index in [1.165, 1.54) is 18.3 Å². The number of amides is 2. The molecule has 2 amide bonds. The van der Waals surface area contributed by atoms with Crippen LogP contribution in [-0.4, -0.2) is 45.6 Å². The summed E-state index contributed by atoms with van der Waals surface area (Å²) in [5.74, 6) is 1.58. The fraction of sp³-hybridized carbons (Fsp3) is 0.619. The van der Waals surface area contributed by atoms with Crippen molar-refractivity contribution in [3.8, 4) is 16.3 Å². The summed E-state index contributed by atoms with van der Waals surface area (Å²) in [6.45, 7) is 1.90. The molecule has 3 aliphatic rings. The minimum absolute atomic E-state index is 0.104. The maximum atomic E-state index is 12.4. The van der Waals surface area contributed by atoms with Crippen molar-refractivity contribution >= 4 is 28.3 Å². The summed E-state index contributed by atoms with van der Waals surface area (Å²) >= 11 is 1.49. The number of nitrogens with zero attached hydrogens (tertiary/aromatic N) is 4. The third-order valence-corrected chi connectivity index (χ3v) is 7.26. The number of anilines is 1. The maximum absolute atomic E-state index is 12.4. The standard InChI is InChI=1S/C21H27N5O3S/c1-11(27)22-21-23-15-10-29-18-16(12-4-5-12)24-26(17(18)19(15)30-21)14-8-6-13(7-9-14)20(28)25(2)3/h12-14H,4-10H2,1-3H3,(H,22,23,27)/t13-,14-. The molecule has 0 atom stereocenters. The molecule has 9 heteroatoms. The van der Waals surface area contributed by atoms with Crippen LogP contribution in [0.5, 0.6) is 5.75 Å². The second-order valence-corrected chi connectivity index (χ2v) is 9.78. The van der Waals surface area contributed by atoms with Crippen LogP contribution in [0.1, 0.15) is 68.8 Å². The van der Waals surface area contributed by atoms with E-state index in [0.717, 1.165) is 66.2 Å². The third-order valence-electron chi connectivity index (χ3n) is 6.24.